The molecule has 154 valence electrons. The number of hydrogen-bond donors (Lipinski definition) is 2. The van der Waals surface area contributed by atoms with Crippen molar-refractivity contribution < 1.29 is 14.3 Å². The van der Waals surface area contributed by atoms with Crippen molar-refractivity contribution in [1.82, 2.24) is 15.2 Å². The van der Waals surface area contributed by atoms with E-state index in [0.29, 0.717) is 30.3 Å². The number of carbonyl (C=O) groups is 1. The van der Waals surface area contributed by atoms with Crippen LogP contribution in [-0.4, -0.2) is 40.1 Å². The van der Waals surface area contributed by atoms with Crippen LogP contribution < -0.4 is 20.3 Å². The highest BCUT2D eigenvalue weighted by atomic mass is 32.2. The van der Waals surface area contributed by atoms with Gasteiger partial charge in [-0.1, -0.05) is 30.8 Å². The van der Waals surface area contributed by atoms with Gasteiger partial charge in [-0.25, -0.2) is 0 Å². The van der Waals surface area contributed by atoms with E-state index in [9.17, 15) is 9.59 Å². The maximum Gasteiger partial charge on any atom is 0.278 e. The Kier molecular flexibility index (Phi) is 5.99. The SMILES string of the molecule is CCc1ccc(NC(=O)CSc2nnc(-c3ccc4c(c3)OCCO4)c(=O)[nH]2)cc1. The fourth-order valence-corrected chi connectivity index (χ4v) is 3.52. The minimum absolute atomic E-state index is 0.101. The van der Waals surface area contributed by atoms with E-state index >= 15 is 0 Å². The summed E-state index contributed by atoms with van der Waals surface area (Å²) < 4.78 is 11.0. The van der Waals surface area contributed by atoms with Crippen LogP contribution >= 0.6 is 11.8 Å². The number of aryl methyl sites for hydroxylation is 1. The minimum atomic E-state index is -0.389. The zero-order chi connectivity index (χ0) is 20.9. The third kappa shape index (κ3) is 4.62. The van der Waals surface area contributed by atoms with Gasteiger partial charge in [0.15, 0.2) is 22.3 Å². The highest BCUT2D eigenvalue weighted by molar-refractivity contribution is 7.99. The van der Waals surface area contributed by atoms with Crippen molar-refractivity contribution in [3.8, 4) is 22.8 Å². The molecule has 9 heteroatoms. The average Bonchev–Trinajstić information content (AvgIpc) is 2.78. The van der Waals surface area contributed by atoms with E-state index in [2.05, 4.69) is 27.4 Å². The fraction of sp³-hybridized carbons (Fsp3) is 0.238. The molecule has 0 fully saturated rings. The summed E-state index contributed by atoms with van der Waals surface area (Å²) in [7, 11) is 0. The zero-order valence-corrected chi connectivity index (χ0v) is 17.1. The number of benzene rings is 2. The summed E-state index contributed by atoms with van der Waals surface area (Å²) in [6.07, 6.45) is 0.943. The molecule has 0 aliphatic carbocycles. The smallest absolute Gasteiger partial charge is 0.278 e. The van der Waals surface area contributed by atoms with Gasteiger partial charge in [-0.2, -0.15) is 0 Å². The number of fused-ring (bicyclic) bond motifs is 1. The minimum Gasteiger partial charge on any atom is -0.486 e. The van der Waals surface area contributed by atoms with Crippen LogP contribution in [0.2, 0.25) is 0 Å². The first-order chi connectivity index (χ1) is 14.6. The number of hydrogen-bond acceptors (Lipinski definition) is 7. The van der Waals surface area contributed by atoms with Crippen LogP contribution in [0, 0.1) is 0 Å². The number of aromatic nitrogens is 3. The van der Waals surface area contributed by atoms with E-state index in [-0.39, 0.29) is 28.1 Å². The molecule has 0 saturated heterocycles. The maximum absolute atomic E-state index is 12.5. The highest BCUT2D eigenvalue weighted by Gasteiger charge is 2.15. The lowest BCUT2D eigenvalue weighted by Crippen LogP contribution is -2.18. The molecule has 4 rings (SSSR count). The van der Waals surface area contributed by atoms with Crippen molar-refractivity contribution in [3.63, 3.8) is 0 Å². The maximum atomic E-state index is 12.5. The van der Waals surface area contributed by atoms with Gasteiger partial charge in [-0.3, -0.25) is 14.6 Å². The number of amides is 1. The molecule has 0 saturated carbocycles. The van der Waals surface area contributed by atoms with Crippen molar-refractivity contribution in [1.29, 1.82) is 0 Å². The predicted octanol–water partition coefficient (Wildman–Crippen LogP) is 2.90. The van der Waals surface area contributed by atoms with E-state index < -0.39 is 0 Å². The molecule has 1 aliphatic rings. The lowest BCUT2D eigenvalue weighted by molar-refractivity contribution is -0.113. The first-order valence-corrected chi connectivity index (χ1v) is 10.5. The third-order valence-electron chi connectivity index (χ3n) is 4.48. The molecular weight excluding hydrogens is 404 g/mol. The Morgan fingerprint density at radius 3 is 2.60 bits per heavy atom. The number of thioether (sulfide) groups is 1. The summed E-state index contributed by atoms with van der Waals surface area (Å²) in [5.74, 6) is 1.12. The van der Waals surface area contributed by atoms with Gasteiger partial charge >= 0.3 is 0 Å². The van der Waals surface area contributed by atoms with E-state index in [1.165, 1.54) is 5.56 Å². The molecule has 30 heavy (non-hydrogen) atoms. The van der Waals surface area contributed by atoms with Crippen molar-refractivity contribution in [2.45, 2.75) is 18.5 Å². The number of ether oxygens (including phenoxy) is 2. The Bertz CT molecular complexity index is 1110. The van der Waals surface area contributed by atoms with E-state index in [1.54, 1.807) is 18.2 Å². The standard InChI is InChI=1S/C21H20N4O4S/c1-2-13-3-6-15(7-4-13)22-18(26)12-30-21-23-20(27)19(24-25-21)14-5-8-16-17(11-14)29-10-9-28-16/h3-8,11H,2,9-10,12H2,1H3,(H,22,26)(H,23,25,27). The molecule has 0 spiro atoms. The van der Waals surface area contributed by atoms with Crippen molar-refractivity contribution in [3.05, 3.63) is 58.4 Å². The van der Waals surface area contributed by atoms with Gasteiger partial charge in [0, 0.05) is 11.3 Å². The number of carbonyl (C=O) groups excluding carboxylic acids is 1. The van der Waals surface area contributed by atoms with Crippen LogP contribution in [-0.2, 0) is 11.2 Å². The molecular formula is C21H20N4O4S. The van der Waals surface area contributed by atoms with Crippen molar-refractivity contribution >= 4 is 23.4 Å². The van der Waals surface area contributed by atoms with Gasteiger partial charge in [-0.15, -0.1) is 10.2 Å². The number of H-pyrrole nitrogens is 1. The molecule has 1 aromatic heterocycles. The van der Waals surface area contributed by atoms with E-state index in [0.717, 1.165) is 23.9 Å². The number of anilines is 1. The van der Waals surface area contributed by atoms with Crippen LogP contribution in [0.3, 0.4) is 0 Å². The molecule has 0 bridgehead atoms. The van der Waals surface area contributed by atoms with Crippen LogP contribution in [0.4, 0.5) is 5.69 Å². The largest absolute Gasteiger partial charge is 0.486 e. The normalized spacial score (nSPS) is 12.4. The predicted molar refractivity (Wildman–Crippen MR) is 114 cm³/mol. The number of nitrogens with one attached hydrogen (secondary N) is 2. The molecule has 1 aliphatic heterocycles. The van der Waals surface area contributed by atoms with Gasteiger partial charge in [0.2, 0.25) is 5.91 Å². The Morgan fingerprint density at radius 1 is 1.10 bits per heavy atom. The summed E-state index contributed by atoms with van der Waals surface area (Å²) in [5.41, 5.74) is 2.30. The topological polar surface area (TPSA) is 106 Å². The van der Waals surface area contributed by atoms with E-state index in [1.807, 2.05) is 24.3 Å². The molecule has 1 amide bonds. The average molecular weight is 424 g/mol. The Hall–Kier alpha value is -3.33. The fourth-order valence-electron chi connectivity index (χ4n) is 2.92. The second kappa shape index (κ2) is 9.00. The van der Waals surface area contributed by atoms with Crippen LogP contribution in [0.5, 0.6) is 11.5 Å². The summed E-state index contributed by atoms with van der Waals surface area (Å²) in [4.78, 5) is 27.3. The molecule has 2 N–H and O–H groups in total. The van der Waals surface area contributed by atoms with Gasteiger partial charge in [-0.05, 0) is 42.3 Å². The Balaban J connectivity index is 1.39. The second-order valence-corrected chi connectivity index (χ2v) is 7.52. The van der Waals surface area contributed by atoms with Gasteiger partial charge in [0.1, 0.15) is 13.2 Å². The molecule has 0 unspecified atom stereocenters. The molecule has 2 aromatic carbocycles. The first-order valence-electron chi connectivity index (χ1n) is 9.51. The molecule has 3 aromatic rings. The number of rotatable bonds is 6. The summed E-state index contributed by atoms with van der Waals surface area (Å²) in [5, 5.41) is 11.2. The molecule has 2 heterocycles. The van der Waals surface area contributed by atoms with Crippen LogP contribution in [0.15, 0.2) is 52.4 Å². The lowest BCUT2D eigenvalue weighted by Gasteiger charge is -2.18. The zero-order valence-electron chi connectivity index (χ0n) is 16.3. The first kappa shape index (κ1) is 20.0. The Morgan fingerprint density at radius 2 is 1.87 bits per heavy atom. The quantitative estimate of drug-likeness (QED) is 0.586. The van der Waals surface area contributed by atoms with Crippen LogP contribution in [0.1, 0.15) is 12.5 Å². The number of nitrogens with zero attached hydrogens (tertiary/aromatic N) is 2. The summed E-state index contributed by atoms with van der Waals surface area (Å²) >= 11 is 1.11. The van der Waals surface area contributed by atoms with Gasteiger partial charge in [0.25, 0.3) is 5.56 Å². The summed E-state index contributed by atoms with van der Waals surface area (Å²) in [6, 6.07) is 12.9. The van der Waals surface area contributed by atoms with Gasteiger partial charge in [0.05, 0.1) is 5.75 Å². The Labute approximate surface area is 177 Å². The van der Waals surface area contributed by atoms with Crippen molar-refractivity contribution in [2.75, 3.05) is 24.3 Å². The monoisotopic (exact) mass is 424 g/mol. The van der Waals surface area contributed by atoms with Gasteiger partial charge < -0.3 is 14.8 Å². The van der Waals surface area contributed by atoms with Crippen molar-refractivity contribution in [2.24, 2.45) is 0 Å². The highest BCUT2D eigenvalue weighted by Crippen LogP contribution is 2.33. The second-order valence-electron chi connectivity index (χ2n) is 6.55. The molecule has 0 atom stereocenters. The molecule has 8 nitrogen and oxygen atoms in total. The third-order valence-corrected chi connectivity index (χ3v) is 5.34. The van der Waals surface area contributed by atoms with E-state index in [4.69, 9.17) is 9.47 Å². The molecule has 0 radical (unpaired) electrons. The summed E-state index contributed by atoms with van der Waals surface area (Å²) in [6.45, 7) is 3.03. The lowest BCUT2D eigenvalue weighted by atomic mass is 10.1. The van der Waals surface area contributed by atoms with Crippen LogP contribution in [0.25, 0.3) is 11.3 Å². The number of aromatic amines is 1.